The summed E-state index contributed by atoms with van der Waals surface area (Å²) in [6.07, 6.45) is 1.13. The second-order valence-corrected chi connectivity index (χ2v) is 4.04. The fraction of sp³-hybridized carbons (Fsp3) is 0.154. The van der Waals surface area contributed by atoms with E-state index in [0.717, 1.165) is 16.3 Å². The molecule has 0 spiro atoms. The number of H-pyrrole nitrogens is 1. The summed E-state index contributed by atoms with van der Waals surface area (Å²) in [6.45, 7) is 0.321. The van der Waals surface area contributed by atoms with Crippen LogP contribution in [-0.4, -0.2) is 15.5 Å². The molecule has 0 bridgehead atoms. The van der Waals surface area contributed by atoms with Crippen LogP contribution < -0.4 is 16.6 Å². The molecule has 2 rings (SSSR count). The van der Waals surface area contributed by atoms with Crippen molar-refractivity contribution < 1.29 is 4.79 Å². The Bertz CT molecular complexity index is 701. The number of aromatic amines is 1. The van der Waals surface area contributed by atoms with Crippen LogP contribution in [0.15, 0.2) is 46.1 Å². The minimum Gasteiger partial charge on any atom is -0.348 e. The zero-order valence-corrected chi connectivity index (χ0v) is 10.3. The number of nitrogens with one attached hydrogen (secondary N) is 2. The molecule has 0 aliphatic heterocycles. The number of carbonyl (C=O) groups is 1. The van der Waals surface area contributed by atoms with Gasteiger partial charge in [-0.3, -0.25) is 14.2 Å². The molecule has 0 fully saturated rings. The Balaban J connectivity index is 2.15. The summed E-state index contributed by atoms with van der Waals surface area (Å²) < 4.78 is 0.859. The third-order valence-corrected chi connectivity index (χ3v) is 2.72. The van der Waals surface area contributed by atoms with Gasteiger partial charge < -0.3 is 10.3 Å². The normalized spacial score (nSPS) is 10.2. The SMILES string of the molecule is Cn1c(=O)[nH]cc(C(=O)NCc2ccccc2)c1=O. The standard InChI is InChI=1S/C13H13N3O3/c1-16-12(18)10(8-15-13(16)19)11(17)14-7-9-5-3-2-4-6-9/h2-6,8H,7H2,1H3,(H,14,17)(H,15,19). The first-order valence-corrected chi connectivity index (χ1v) is 5.70. The van der Waals surface area contributed by atoms with Gasteiger partial charge in [-0.15, -0.1) is 0 Å². The first kappa shape index (κ1) is 12.8. The van der Waals surface area contributed by atoms with E-state index < -0.39 is 17.2 Å². The maximum atomic E-state index is 11.9. The van der Waals surface area contributed by atoms with Gasteiger partial charge >= 0.3 is 5.69 Å². The fourth-order valence-electron chi connectivity index (χ4n) is 1.60. The van der Waals surface area contributed by atoms with Crippen molar-refractivity contribution in [2.24, 2.45) is 7.05 Å². The van der Waals surface area contributed by atoms with Crippen LogP contribution in [0.5, 0.6) is 0 Å². The number of hydrogen-bond donors (Lipinski definition) is 2. The summed E-state index contributed by atoms with van der Waals surface area (Å²) in [4.78, 5) is 37.1. The molecular formula is C13H13N3O3. The molecule has 0 aliphatic carbocycles. The largest absolute Gasteiger partial charge is 0.348 e. The minimum absolute atomic E-state index is 0.0852. The Morgan fingerprint density at radius 2 is 1.95 bits per heavy atom. The van der Waals surface area contributed by atoms with Gasteiger partial charge in [-0.25, -0.2) is 4.79 Å². The average Bonchev–Trinajstić information content (AvgIpc) is 2.43. The van der Waals surface area contributed by atoms with Gasteiger partial charge in [0.25, 0.3) is 11.5 Å². The molecule has 0 radical (unpaired) electrons. The van der Waals surface area contributed by atoms with Gasteiger partial charge in [-0.1, -0.05) is 30.3 Å². The molecule has 1 amide bonds. The van der Waals surface area contributed by atoms with E-state index in [1.807, 2.05) is 30.3 Å². The summed E-state index contributed by atoms with van der Waals surface area (Å²) in [5.74, 6) is -0.513. The lowest BCUT2D eigenvalue weighted by Gasteiger charge is -2.05. The van der Waals surface area contributed by atoms with Crippen LogP contribution >= 0.6 is 0 Å². The molecule has 6 nitrogen and oxygen atoms in total. The zero-order valence-electron chi connectivity index (χ0n) is 10.3. The lowest BCUT2D eigenvalue weighted by Crippen LogP contribution is -2.38. The summed E-state index contributed by atoms with van der Waals surface area (Å²) in [5.41, 5.74) is -0.325. The molecule has 98 valence electrons. The number of benzene rings is 1. The maximum absolute atomic E-state index is 11.9. The third kappa shape index (κ3) is 2.79. The van der Waals surface area contributed by atoms with Gasteiger partial charge in [-0.05, 0) is 5.56 Å². The number of hydrogen-bond acceptors (Lipinski definition) is 3. The Hall–Kier alpha value is -2.63. The highest BCUT2D eigenvalue weighted by Crippen LogP contribution is 1.97. The maximum Gasteiger partial charge on any atom is 0.328 e. The molecule has 1 aromatic heterocycles. The van der Waals surface area contributed by atoms with Crippen LogP contribution in [0.2, 0.25) is 0 Å². The predicted octanol–water partition coefficient (Wildman–Crippen LogP) is 0.00360. The first-order valence-electron chi connectivity index (χ1n) is 5.70. The predicted molar refractivity (Wildman–Crippen MR) is 69.9 cm³/mol. The van der Waals surface area contributed by atoms with Crippen molar-refractivity contribution in [3.05, 3.63) is 68.5 Å². The van der Waals surface area contributed by atoms with Gasteiger partial charge in [-0.2, -0.15) is 0 Å². The quantitative estimate of drug-likeness (QED) is 0.814. The van der Waals surface area contributed by atoms with Crippen molar-refractivity contribution in [2.75, 3.05) is 0 Å². The lowest BCUT2D eigenvalue weighted by molar-refractivity contribution is 0.0948. The summed E-state index contributed by atoms with van der Waals surface area (Å²) in [7, 11) is 1.31. The number of amides is 1. The van der Waals surface area contributed by atoms with Crippen LogP contribution in [0.3, 0.4) is 0 Å². The van der Waals surface area contributed by atoms with Crippen LogP contribution in [0.4, 0.5) is 0 Å². The number of aromatic nitrogens is 2. The molecule has 2 N–H and O–H groups in total. The zero-order chi connectivity index (χ0) is 13.8. The monoisotopic (exact) mass is 259 g/mol. The van der Waals surface area contributed by atoms with Crippen molar-refractivity contribution in [3.8, 4) is 0 Å². The Labute approximate surface area is 108 Å². The molecule has 0 unspecified atom stereocenters. The molecule has 19 heavy (non-hydrogen) atoms. The molecule has 1 heterocycles. The molecule has 0 atom stereocenters. The summed E-state index contributed by atoms with van der Waals surface area (Å²) in [5, 5.41) is 2.63. The van der Waals surface area contributed by atoms with E-state index in [4.69, 9.17) is 0 Å². The number of nitrogens with zero attached hydrogens (tertiary/aromatic N) is 1. The lowest BCUT2D eigenvalue weighted by atomic mass is 10.2. The van der Waals surface area contributed by atoms with Gasteiger partial charge in [0, 0.05) is 19.8 Å². The summed E-state index contributed by atoms with van der Waals surface area (Å²) >= 11 is 0. The minimum atomic E-state index is -0.616. The van der Waals surface area contributed by atoms with E-state index >= 15 is 0 Å². The van der Waals surface area contributed by atoms with E-state index in [1.54, 1.807) is 0 Å². The Morgan fingerprint density at radius 1 is 1.26 bits per heavy atom. The fourth-order valence-corrected chi connectivity index (χ4v) is 1.60. The van der Waals surface area contributed by atoms with Gasteiger partial charge in [0.15, 0.2) is 0 Å². The molecule has 1 aromatic carbocycles. The molecule has 6 heteroatoms. The van der Waals surface area contributed by atoms with E-state index in [2.05, 4.69) is 10.3 Å². The molecule has 2 aromatic rings. The molecule has 0 aliphatic rings. The van der Waals surface area contributed by atoms with Crippen LogP contribution in [0.1, 0.15) is 15.9 Å². The van der Waals surface area contributed by atoms with E-state index in [1.165, 1.54) is 7.05 Å². The average molecular weight is 259 g/mol. The van der Waals surface area contributed by atoms with Gasteiger partial charge in [0.1, 0.15) is 5.56 Å². The van der Waals surface area contributed by atoms with Gasteiger partial charge in [0.2, 0.25) is 0 Å². The second-order valence-electron chi connectivity index (χ2n) is 4.04. The van der Waals surface area contributed by atoms with E-state index in [-0.39, 0.29) is 5.56 Å². The smallest absolute Gasteiger partial charge is 0.328 e. The molecule has 0 saturated carbocycles. The van der Waals surface area contributed by atoms with Gasteiger partial charge in [0.05, 0.1) is 0 Å². The van der Waals surface area contributed by atoms with Crippen LogP contribution in [-0.2, 0) is 13.6 Å². The summed E-state index contributed by atoms with van der Waals surface area (Å²) in [6, 6.07) is 9.33. The topological polar surface area (TPSA) is 84.0 Å². The third-order valence-electron chi connectivity index (χ3n) is 2.72. The highest BCUT2D eigenvalue weighted by Gasteiger charge is 2.12. The van der Waals surface area contributed by atoms with Crippen molar-refractivity contribution >= 4 is 5.91 Å². The molecule has 0 saturated heterocycles. The number of rotatable bonds is 3. The van der Waals surface area contributed by atoms with Crippen LogP contribution in [0, 0.1) is 0 Å². The van der Waals surface area contributed by atoms with Crippen molar-refractivity contribution in [3.63, 3.8) is 0 Å². The van der Waals surface area contributed by atoms with E-state index in [0.29, 0.717) is 6.54 Å². The molecular weight excluding hydrogens is 246 g/mol. The Morgan fingerprint density at radius 3 is 2.63 bits per heavy atom. The Kier molecular flexibility index (Phi) is 3.61. The van der Waals surface area contributed by atoms with Crippen molar-refractivity contribution in [1.29, 1.82) is 0 Å². The first-order chi connectivity index (χ1) is 9.09. The van der Waals surface area contributed by atoms with Crippen LogP contribution in [0.25, 0.3) is 0 Å². The second kappa shape index (κ2) is 5.34. The highest BCUT2D eigenvalue weighted by atomic mass is 16.2. The number of carbonyl (C=O) groups excluding carboxylic acids is 1. The van der Waals surface area contributed by atoms with Crippen molar-refractivity contribution in [2.45, 2.75) is 6.54 Å². The van der Waals surface area contributed by atoms with E-state index in [9.17, 15) is 14.4 Å². The highest BCUT2D eigenvalue weighted by molar-refractivity contribution is 5.93. The van der Waals surface area contributed by atoms with Crippen molar-refractivity contribution in [1.82, 2.24) is 14.9 Å².